The van der Waals surface area contributed by atoms with Gasteiger partial charge in [-0.25, -0.2) is 9.48 Å². The monoisotopic (exact) mass is 508 g/mol. The fraction of sp³-hybridized carbons (Fsp3) is 0.292. The molecule has 2 aromatic carbocycles. The average molecular weight is 509 g/mol. The van der Waals surface area contributed by atoms with Crippen molar-refractivity contribution in [2.75, 3.05) is 19.5 Å². The normalized spacial score (nSPS) is 21.4. The number of ether oxygens (including phenoxy) is 3. The maximum absolute atomic E-state index is 13.8. The summed E-state index contributed by atoms with van der Waals surface area (Å²) >= 11 is 1.31. The van der Waals surface area contributed by atoms with E-state index in [0.29, 0.717) is 16.5 Å². The Balaban J connectivity index is 1.50. The van der Waals surface area contributed by atoms with Gasteiger partial charge in [-0.05, 0) is 27.1 Å². The molecular formula is C24H24N6O5S. The first kappa shape index (κ1) is 24.1. The van der Waals surface area contributed by atoms with E-state index in [1.54, 1.807) is 7.05 Å². The maximum atomic E-state index is 13.8. The van der Waals surface area contributed by atoms with Gasteiger partial charge in [-0.3, -0.25) is 15.4 Å². The van der Waals surface area contributed by atoms with Crippen molar-refractivity contribution in [3.63, 3.8) is 0 Å². The van der Waals surface area contributed by atoms with Crippen molar-refractivity contribution in [2.24, 2.45) is 12.8 Å². The Kier molecular flexibility index (Phi) is 6.58. The van der Waals surface area contributed by atoms with E-state index in [4.69, 9.17) is 19.9 Å². The first-order valence-corrected chi connectivity index (χ1v) is 12.1. The van der Waals surface area contributed by atoms with E-state index in [2.05, 4.69) is 15.5 Å². The lowest BCUT2D eigenvalue weighted by atomic mass is 9.95. The highest BCUT2D eigenvalue weighted by atomic mass is 32.2. The van der Waals surface area contributed by atoms with Gasteiger partial charge >= 0.3 is 5.97 Å². The minimum Gasteiger partial charge on any atom is -0.448 e. The zero-order valence-electron chi connectivity index (χ0n) is 19.6. The van der Waals surface area contributed by atoms with Crippen LogP contribution in [0.4, 0.5) is 0 Å². The second-order valence-corrected chi connectivity index (χ2v) is 9.21. The Bertz CT molecular complexity index is 1260. The highest BCUT2D eigenvalue weighted by Crippen LogP contribution is 2.41. The molecule has 2 N–H and O–H groups in total. The van der Waals surface area contributed by atoms with Crippen LogP contribution in [0.25, 0.3) is 0 Å². The summed E-state index contributed by atoms with van der Waals surface area (Å²) in [6.07, 6.45) is -1.64. The molecule has 3 aromatic rings. The second-order valence-electron chi connectivity index (χ2n) is 8.27. The number of nitrogens with two attached hydrogens (primary N) is 1. The van der Waals surface area contributed by atoms with Gasteiger partial charge < -0.3 is 14.2 Å². The molecule has 1 saturated heterocycles. The molecule has 1 aromatic heterocycles. The molecule has 186 valence electrons. The molecule has 0 aliphatic carbocycles. The summed E-state index contributed by atoms with van der Waals surface area (Å²) in [7, 11) is 3.04. The Morgan fingerprint density at radius 3 is 2.39 bits per heavy atom. The Morgan fingerprint density at radius 2 is 1.83 bits per heavy atom. The van der Waals surface area contributed by atoms with E-state index >= 15 is 0 Å². The number of tetrazole rings is 1. The third-order valence-electron chi connectivity index (χ3n) is 6.06. The van der Waals surface area contributed by atoms with Crippen LogP contribution in [0.15, 0.2) is 77.1 Å². The average Bonchev–Trinajstić information content (AvgIpc) is 3.34. The number of rotatable bonds is 8. The van der Waals surface area contributed by atoms with Gasteiger partial charge in [-0.15, -0.1) is 5.10 Å². The number of hydrogen-bond acceptors (Lipinski definition) is 10. The molecular weight excluding hydrogens is 484 g/mol. The number of methoxy groups -OCH3 is 1. The maximum Gasteiger partial charge on any atom is 0.356 e. The number of benzene rings is 2. The third kappa shape index (κ3) is 4.17. The molecule has 1 amide bonds. The number of aromatic nitrogens is 4. The minimum atomic E-state index is -1.67. The molecule has 0 radical (unpaired) electrons. The van der Waals surface area contributed by atoms with Crippen LogP contribution in [0, 0.1) is 0 Å². The molecule has 0 spiro atoms. The van der Waals surface area contributed by atoms with Gasteiger partial charge in [-0.2, -0.15) is 0 Å². The van der Waals surface area contributed by atoms with Crippen LogP contribution in [-0.2, 0) is 30.8 Å². The number of aryl methyl sites for hydroxylation is 1. The van der Waals surface area contributed by atoms with Crippen LogP contribution >= 0.6 is 11.8 Å². The van der Waals surface area contributed by atoms with Gasteiger partial charge in [0.05, 0.1) is 6.61 Å². The Labute approximate surface area is 211 Å². The van der Waals surface area contributed by atoms with Crippen molar-refractivity contribution < 1.29 is 23.8 Å². The van der Waals surface area contributed by atoms with Crippen molar-refractivity contribution in [3.8, 4) is 0 Å². The predicted octanol–water partition coefficient (Wildman–Crippen LogP) is 1.39. The van der Waals surface area contributed by atoms with Gasteiger partial charge in [0, 0.05) is 19.9 Å². The molecule has 12 heteroatoms. The fourth-order valence-electron chi connectivity index (χ4n) is 4.14. The quantitative estimate of drug-likeness (QED) is 0.206. The lowest BCUT2D eigenvalue weighted by molar-refractivity contribution is -0.248. The highest BCUT2D eigenvalue weighted by molar-refractivity contribution is 7.99. The Morgan fingerprint density at radius 1 is 1.19 bits per heavy atom. The van der Waals surface area contributed by atoms with E-state index in [1.165, 1.54) is 28.5 Å². The molecule has 2 aliphatic rings. The summed E-state index contributed by atoms with van der Waals surface area (Å²) < 4.78 is 18.7. The molecule has 1 fully saturated rings. The largest absolute Gasteiger partial charge is 0.448 e. The highest BCUT2D eigenvalue weighted by Gasteiger charge is 2.64. The van der Waals surface area contributed by atoms with Gasteiger partial charge in [0.1, 0.15) is 5.70 Å². The molecule has 2 aliphatic heterocycles. The Hall–Kier alpha value is -3.58. The number of thioether (sulfide) groups is 1. The van der Waals surface area contributed by atoms with E-state index in [9.17, 15) is 9.59 Å². The summed E-state index contributed by atoms with van der Waals surface area (Å²) in [4.78, 5) is 28.0. The summed E-state index contributed by atoms with van der Waals surface area (Å²) in [5, 5.41) is 12.0. The molecule has 2 atom stereocenters. The fourth-order valence-corrected chi connectivity index (χ4v) is 4.99. The van der Waals surface area contributed by atoms with Crippen LogP contribution in [-0.4, -0.2) is 68.4 Å². The smallest absolute Gasteiger partial charge is 0.356 e. The number of hydrogen-bond donors (Lipinski definition) is 1. The van der Waals surface area contributed by atoms with Crippen LogP contribution in [0.3, 0.4) is 0 Å². The van der Waals surface area contributed by atoms with E-state index in [1.807, 2.05) is 60.7 Å². The zero-order chi connectivity index (χ0) is 25.3. The van der Waals surface area contributed by atoms with Crippen molar-refractivity contribution in [1.29, 1.82) is 0 Å². The van der Waals surface area contributed by atoms with E-state index in [0.717, 1.165) is 11.1 Å². The molecule has 5 rings (SSSR count). The van der Waals surface area contributed by atoms with Gasteiger partial charge in [0.15, 0.2) is 12.3 Å². The molecule has 3 heterocycles. The number of nitrogens with zero attached hydrogens (tertiary/aromatic N) is 5. The van der Waals surface area contributed by atoms with Crippen molar-refractivity contribution in [3.05, 3.63) is 83.1 Å². The van der Waals surface area contributed by atoms with Gasteiger partial charge in [-0.1, -0.05) is 72.4 Å². The molecule has 36 heavy (non-hydrogen) atoms. The van der Waals surface area contributed by atoms with E-state index in [-0.39, 0.29) is 12.3 Å². The second kappa shape index (κ2) is 9.82. The standard InChI is InChI=1S/C24H24N6O5S/c1-29-23(26-27-28-29)36-14-17-13-34-22-24(25,33-2)21(32)30(22)18(17)20(31)35-19(15-9-5-3-6-10-15)16-11-7-4-8-12-16/h3-12,19,22H,13-14,25H2,1-2H3/t22-,24+/m1/s1. The summed E-state index contributed by atoms with van der Waals surface area (Å²) in [5.41, 5.74) is 6.67. The topological polar surface area (TPSA) is 135 Å². The van der Waals surface area contributed by atoms with Crippen LogP contribution < -0.4 is 5.73 Å². The lowest BCUT2D eigenvalue weighted by Gasteiger charge is -2.54. The first-order chi connectivity index (χ1) is 17.4. The van der Waals surface area contributed by atoms with Crippen molar-refractivity contribution >= 4 is 23.6 Å². The third-order valence-corrected chi connectivity index (χ3v) is 7.16. The minimum absolute atomic E-state index is 0.0564. The number of β-lactam (4-membered cyclic amide) rings is 1. The van der Waals surface area contributed by atoms with Gasteiger partial charge in [0.25, 0.3) is 5.91 Å². The first-order valence-electron chi connectivity index (χ1n) is 11.1. The number of carbonyl (C=O) groups excluding carboxylic acids is 2. The van der Waals surface area contributed by atoms with Gasteiger partial charge in [0.2, 0.25) is 10.9 Å². The summed E-state index contributed by atoms with van der Waals surface area (Å²) in [6.45, 7) is 0.0564. The summed E-state index contributed by atoms with van der Waals surface area (Å²) in [5.74, 6) is -0.958. The van der Waals surface area contributed by atoms with Crippen LogP contribution in [0.5, 0.6) is 0 Å². The van der Waals surface area contributed by atoms with Crippen LogP contribution in [0.1, 0.15) is 17.2 Å². The summed E-state index contributed by atoms with van der Waals surface area (Å²) in [6, 6.07) is 18.8. The lowest BCUT2D eigenvalue weighted by Crippen LogP contribution is -2.80. The zero-order valence-corrected chi connectivity index (χ0v) is 20.4. The van der Waals surface area contributed by atoms with E-state index < -0.39 is 29.9 Å². The number of fused-ring (bicyclic) bond motifs is 1. The number of amides is 1. The molecule has 0 bridgehead atoms. The molecule has 11 nitrogen and oxygen atoms in total. The number of carbonyl (C=O) groups is 2. The number of esters is 1. The van der Waals surface area contributed by atoms with Crippen molar-refractivity contribution in [2.45, 2.75) is 23.2 Å². The predicted molar refractivity (Wildman–Crippen MR) is 128 cm³/mol. The molecule has 0 unspecified atom stereocenters. The SMILES string of the molecule is CO[C@@]1(N)C(=O)N2C(C(=O)OC(c3ccccc3)c3ccccc3)=C(CSc3nnnn3C)CO[C@@H]21. The molecule has 0 saturated carbocycles. The van der Waals surface area contributed by atoms with Crippen LogP contribution in [0.2, 0.25) is 0 Å². The van der Waals surface area contributed by atoms with Crippen molar-refractivity contribution in [1.82, 2.24) is 25.1 Å².